The highest BCUT2D eigenvalue weighted by atomic mass is 16.6. The van der Waals surface area contributed by atoms with Crippen LogP contribution in [0.15, 0.2) is 18.2 Å². The van der Waals surface area contributed by atoms with Gasteiger partial charge in [0.2, 0.25) is 0 Å². The van der Waals surface area contributed by atoms with Crippen molar-refractivity contribution >= 4 is 11.9 Å². The molecule has 0 aliphatic carbocycles. The second-order valence-corrected chi connectivity index (χ2v) is 7.55. The first-order chi connectivity index (χ1) is 14.2. The van der Waals surface area contributed by atoms with Crippen molar-refractivity contribution < 1.29 is 39.1 Å². The molecule has 0 bridgehead atoms. The number of phenolic OH excluding ortho intramolecular Hbond substituents is 1. The monoisotopic (exact) mass is 426 g/mol. The highest BCUT2D eigenvalue weighted by molar-refractivity contribution is 5.66. The van der Waals surface area contributed by atoms with Gasteiger partial charge < -0.3 is 29.5 Å². The fourth-order valence-electron chi connectivity index (χ4n) is 3.37. The number of aliphatic hydroxyl groups excluding tert-OH is 2. The van der Waals surface area contributed by atoms with Crippen LogP contribution in [0.3, 0.4) is 0 Å². The number of hydrogen-bond acceptors (Lipinski definition) is 8. The molecule has 1 aromatic rings. The Hall–Kier alpha value is -2.32. The minimum Gasteiger partial charge on any atom is -0.504 e. The normalized spacial score (nSPS) is 15.0. The van der Waals surface area contributed by atoms with E-state index in [0.29, 0.717) is 31.4 Å². The standard InChI is InChI=1S/C22H34O8/c1-14(24)6-5-7-19(29-15(2)25)12-21(30-16(3)26)18(13-23)10-17-8-9-20(27)22(11-17)28-4/h8-9,11,14,18-19,21,23-24,27H,5-7,10,12-13H2,1-4H3/t14-,18+,19+,21+/m0/s1. The number of carbonyl (C=O) groups excluding carboxylic acids is 2. The first-order valence-corrected chi connectivity index (χ1v) is 10.2. The van der Waals surface area contributed by atoms with Crippen LogP contribution in [-0.4, -0.2) is 59.3 Å². The Kier molecular flexibility index (Phi) is 11.2. The summed E-state index contributed by atoms with van der Waals surface area (Å²) >= 11 is 0. The summed E-state index contributed by atoms with van der Waals surface area (Å²) in [6, 6.07) is 4.87. The van der Waals surface area contributed by atoms with E-state index in [1.54, 1.807) is 19.1 Å². The summed E-state index contributed by atoms with van der Waals surface area (Å²) in [5.74, 6) is -1.07. The molecule has 8 heteroatoms. The lowest BCUT2D eigenvalue weighted by Gasteiger charge is -2.29. The molecule has 30 heavy (non-hydrogen) atoms. The van der Waals surface area contributed by atoms with Gasteiger partial charge >= 0.3 is 11.9 Å². The molecule has 8 nitrogen and oxygen atoms in total. The number of hydrogen-bond donors (Lipinski definition) is 3. The second kappa shape index (κ2) is 13.1. The fourth-order valence-corrected chi connectivity index (χ4v) is 3.37. The predicted octanol–water partition coefficient (Wildman–Crippen LogP) is 2.36. The SMILES string of the molecule is COc1cc(C[C@H](CO)[C@@H](C[C@@H](CCC[C@H](C)O)OC(C)=O)OC(C)=O)ccc1O. The van der Waals surface area contributed by atoms with Crippen LogP contribution in [0.2, 0.25) is 0 Å². The Morgan fingerprint density at radius 1 is 1.10 bits per heavy atom. The molecule has 0 fully saturated rings. The highest BCUT2D eigenvalue weighted by Crippen LogP contribution is 2.29. The van der Waals surface area contributed by atoms with Crippen molar-refractivity contribution in [3.05, 3.63) is 23.8 Å². The molecular weight excluding hydrogens is 392 g/mol. The third-order valence-corrected chi connectivity index (χ3v) is 4.80. The zero-order valence-corrected chi connectivity index (χ0v) is 18.2. The number of aromatic hydroxyl groups is 1. The van der Waals surface area contributed by atoms with E-state index in [4.69, 9.17) is 14.2 Å². The van der Waals surface area contributed by atoms with E-state index in [1.807, 2.05) is 0 Å². The predicted molar refractivity (Wildman–Crippen MR) is 110 cm³/mol. The van der Waals surface area contributed by atoms with E-state index in [2.05, 4.69) is 0 Å². The van der Waals surface area contributed by atoms with Crippen LogP contribution in [-0.2, 0) is 25.5 Å². The van der Waals surface area contributed by atoms with Gasteiger partial charge in [-0.1, -0.05) is 6.07 Å². The fraction of sp³-hybridized carbons (Fsp3) is 0.636. The molecule has 1 aromatic carbocycles. The topological polar surface area (TPSA) is 123 Å². The maximum absolute atomic E-state index is 11.7. The van der Waals surface area contributed by atoms with Gasteiger partial charge in [-0.15, -0.1) is 0 Å². The number of rotatable bonds is 13. The van der Waals surface area contributed by atoms with Crippen molar-refractivity contribution in [2.75, 3.05) is 13.7 Å². The molecule has 0 heterocycles. The maximum Gasteiger partial charge on any atom is 0.302 e. The van der Waals surface area contributed by atoms with E-state index in [0.717, 1.165) is 5.56 Å². The number of carbonyl (C=O) groups is 2. The van der Waals surface area contributed by atoms with E-state index in [1.165, 1.54) is 27.0 Å². The summed E-state index contributed by atoms with van der Waals surface area (Å²) in [5, 5.41) is 29.2. The van der Waals surface area contributed by atoms with Crippen molar-refractivity contribution in [1.82, 2.24) is 0 Å². The van der Waals surface area contributed by atoms with E-state index >= 15 is 0 Å². The Morgan fingerprint density at radius 2 is 1.77 bits per heavy atom. The summed E-state index contributed by atoms with van der Waals surface area (Å²) in [4.78, 5) is 23.2. The number of benzene rings is 1. The second-order valence-electron chi connectivity index (χ2n) is 7.55. The Balaban J connectivity index is 2.98. The van der Waals surface area contributed by atoms with Crippen LogP contribution in [0.4, 0.5) is 0 Å². The molecule has 4 atom stereocenters. The zero-order chi connectivity index (χ0) is 22.7. The molecule has 0 amide bonds. The molecule has 0 unspecified atom stereocenters. The van der Waals surface area contributed by atoms with Gasteiger partial charge in [0, 0.05) is 32.8 Å². The van der Waals surface area contributed by atoms with Gasteiger partial charge in [0.05, 0.1) is 13.2 Å². The molecule has 170 valence electrons. The molecule has 0 aliphatic rings. The average Bonchev–Trinajstić information content (AvgIpc) is 2.65. The summed E-state index contributed by atoms with van der Waals surface area (Å²) < 4.78 is 16.0. The smallest absolute Gasteiger partial charge is 0.302 e. The van der Waals surface area contributed by atoms with Gasteiger partial charge in [-0.2, -0.15) is 0 Å². The van der Waals surface area contributed by atoms with E-state index < -0.39 is 36.2 Å². The lowest BCUT2D eigenvalue weighted by atomic mass is 9.90. The largest absolute Gasteiger partial charge is 0.504 e. The summed E-state index contributed by atoms with van der Waals surface area (Å²) in [5.41, 5.74) is 0.791. The minimum absolute atomic E-state index is 0.00590. The summed E-state index contributed by atoms with van der Waals surface area (Å²) in [6.07, 6.45) is 0.672. The van der Waals surface area contributed by atoms with Crippen molar-refractivity contribution in [2.24, 2.45) is 5.92 Å². The number of methoxy groups -OCH3 is 1. The number of phenols is 1. The molecule has 0 aliphatic heterocycles. The van der Waals surface area contributed by atoms with Gasteiger partial charge in [-0.25, -0.2) is 0 Å². The van der Waals surface area contributed by atoms with Crippen LogP contribution in [0.25, 0.3) is 0 Å². The van der Waals surface area contributed by atoms with Gasteiger partial charge in [-0.3, -0.25) is 9.59 Å². The lowest BCUT2D eigenvalue weighted by molar-refractivity contribution is -0.156. The molecule has 0 spiro atoms. The Bertz CT molecular complexity index is 673. The zero-order valence-electron chi connectivity index (χ0n) is 18.2. The quantitative estimate of drug-likeness (QED) is 0.411. The van der Waals surface area contributed by atoms with Crippen LogP contribution in [0.1, 0.15) is 52.0 Å². The average molecular weight is 427 g/mol. The summed E-state index contributed by atoms with van der Waals surface area (Å²) in [7, 11) is 1.45. The van der Waals surface area contributed by atoms with Crippen molar-refractivity contribution in [1.29, 1.82) is 0 Å². The van der Waals surface area contributed by atoms with Crippen LogP contribution in [0, 0.1) is 5.92 Å². The van der Waals surface area contributed by atoms with Gasteiger partial charge in [0.15, 0.2) is 11.5 Å². The van der Waals surface area contributed by atoms with Gasteiger partial charge in [-0.05, 0) is 50.3 Å². The van der Waals surface area contributed by atoms with Crippen LogP contribution < -0.4 is 4.74 Å². The molecular formula is C22H34O8. The first kappa shape index (κ1) is 25.7. The Labute approximate surface area is 177 Å². The Morgan fingerprint density at radius 3 is 2.30 bits per heavy atom. The molecule has 0 radical (unpaired) electrons. The van der Waals surface area contributed by atoms with Gasteiger partial charge in [0.25, 0.3) is 0 Å². The first-order valence-electron chi connectivity index (χ1n) is 10.2. The molecule has 0 saturated carbocycles. The van der Waals surface area contributed by atoms with Crippen LogP contribution >= 0.6 is 0 Å². The molecule has 1 rings (SSSR count). The third kappa shape index (κ3) is 9.45. The summed E-state index contributed by atoms with van der Waals surface area (Å²) in [6.45, 7) is 4.05. The van der Waals surface area contributed by atoms with E-state index in [9.17, 15) is 24.9 Å². The molecule has 3 N–H and O–H groups in total. The number of ether oxygens (including phenoxy) is 3. The molecule has 0 aromatic heterocycles. The number of esters is 2. The van der Waals surface area contributed by atoms with Crippen molar-refractivity contribution in [3.63, 3.8) is 0 Å². The minimum atomic E-state index is -0.678. The lowest BCUT2D eigenvalue weighted by Crippen LogP contribution is -2.35. The third-order valence-electron chi connectivity index (χ3n) is 4.80. The van der Waals surface area contributed by atoms with Crippen molar-refractivity contribution in [2.45, 2.75) is 71.2 Å². The molecule has 0 saturated heterocycles. The van der Waals surface area contributed by atoms with E-state index in [-0.39, 0.29) is 18.8 Å². The maximum atomic E-state index is 11.7. The number of aliphatic hydroxyl groups is 2. The highest BCUT2D eigenvalue weighted by Gasteiger charge is 2.29. The van der Waals surface area contributed by atoms with Crippen molar-refractivity contribution in [3.8, 4) is 11.5 Å². The van der Waals surface area contributed by atoms with Gasteiger partial charge in [0.1, 0.15) is 12.2 Å². The van der Waals surface area contributed by atoms with Crippen LogP contribution in [0.5, 0.6) is 11.5 Å².